The molecule has 0 aromatic heterocycles. The van der Waals surface area contributed by atoms with Crippen LogP contribution in [0.25, 0.3) is 0 Å². The molecule has 19 heavy (non-hydrogen) atoms. The fraction of sp³-hybridized carbons (Fsp3) is 0.533. The minimum Gasteiger partial charge on any atom is -0.482 e. The first kappa shape index (κ1) is 14.2. The van der Waals surface area contributed by atoms with Crippen molar-refractivity contribution in [2.24, 2.45) is 0 Å². The molecule has 2 atom stereocenters. The topological polar surface area (TPSA) is 29.5 Å². The second-order valence-electron chi connectivity index (χ2n) is 5.15. The van der Waals surface area contributed by atoms with Gasteiger partial charge in [0.25, 0.3) is 5.91 Å². The van der Waals surface area contributed by atoms with E-state index >= 15 is 0 Å². The van der Waals surface area contributed by atoms with Crippen LogP contribution in [-0.2, 0) is 4.79 Å². The van der Waals surface area contributed by atoms with E-state index in [2.05, 4.69) is 13.8 Å². The van der Waals surface area contributed by atoms with Crippen molar-refractivity contribution in [2.75, 3.05) is 6.61 Å². The Labute approximate surface area is 119 Å². The number of benzene rings is 1. The molecule has 1 aromatic carbocycles. The lowest BCUT2D eigenvalue weighted by atomic mass is 9.97. The smallest absolute Gasteiger partial charge is 0.260 e. The highest BCUT2D eigenvalue weighted by Crippen LogP contribution is 2.25. The molecule has 1 saturated heterocycles. The van der Waals surface area contributed by atoms with Gasteiger partial charge in [-0.1, -0.05) is 23.7 Å². The Bertz CT molecular complexity index is 440. The summed E-state index contributed by atoms with van der Waals surface area (Å²) in [6.07, 6.45) is 3.34. The highest BCUT2D eigenvalue weighted by molar-refractivity contribution is 6.32. The zero-order valence-electron chi connectivity index (χ0n) is 11.4. The van der Waals surface area contributed by atoms with Crippen LogP contribution in [0.5, 0.6) is 5.75 Å². The Balaban J connectivity index is 1.95. The van der Waals surface area contributed by atoms with E-state index in [9.17, 15) is 4.79 Å². The molecule has 1 aromatic rings. The number of halogens is 1. The number of hydrogen-bond donors (Lipinski definition) is 0. The molecule has 104 valence electrons. The summed E-state index contributed by atoms with van der Waals surface area (Å²) >= 11 is 6.00. The van der Waals surface area contributed by atoms with E-state index in [4.69, 9.17) is 16.3 Å². The van der Waals surface area contributed by atoms with Crippen LogP contribution in [0.15, 0.2) is 24.3 Å². The fourth-order valence-electron chi connectivity index (χ4n) is 2.69. The van der Waals surface area contributed by atoms with E-state index in [1.54, 1.807) is 12.1 Å². The monoisotopic (exact) mass is 281 g/mol. The Morgan fingerprint density at radius 2 is 1.95 bits per heavy atom. The summed E-state index contributed by atoms with van der Waals surface area (Å²) in [4.78, 5) is 14.2. The first-order chi connectivity index (χ1) is 9.09. The normalized spacial score (nSPS) is 23.2. The maximum atomic E-state index is 12.3. The van der Waals surface area contributed by atoms with Gasteiger partial charge in [0.1, 0.15) is 5.75 Å². The van der Waals surface area contributed by atoms with E-state index < -0.39 is 0 Å². The number of piperidine rings is 1. The molecule has 1 heterocycles. The number of likely N-dealkylation sites (tertiary alicyclic amines) is 1. The van der Waals surface area contributed by atoms with Gasteiger partial charge in [-0.2, -0.15) is 0 Å². The van der Waals surface area contributed by atoms with E-state index in [0.717, 1.165) is 12.8 Å². The average Bonchev–Trinajstić information content (AvgIpc) is 2.37. The third kappa shape index (κ3) is 3.41. The minimum atomic E-state index is 0.0413. The molecule has 2 rings (SSSR count). The molecule has 3 nitrogen and oxygen atoms in total. The van der Waals surface area contributed by atoms with Gasteiger partial charge >= 0.3 is 0 Å². The van der Waals surface area contributed by atoms with E-state index in [-0.39, 0.29) is 12.5 Å². The number of carbonyl (C=O) groups excluding carboxylic acids is 1. The SMILES string of the molecule is C[C@@H]1CCC[C@@H](C)N1C(=O)COc1ccccc1Cl. The molecule has 4 heteroatoms. The summed E-state index contributed by atoms with van der Waals surface area (Å²) in [6, 6.07) is 7.81. The maximum absolute atomic E-state index is 12.3. The van der Waals surface area contributed by atoms with Crippen molar-refractivity contribution in [1.29, 1.82) is 0 Å². The molecule has 0 unspecified atom stereocenters. The van der Waals surface area contributed by atoms with Crippen LogP contribution in [0, 0.1) is 0 Å². The van der Waals surface area contributed by atoms with Gasteiger partial charge in [-0.25, -0.2) is 0 Å². The number of carbonyl (C=O) groups is 1. The van der Waals surface area contributed by atoms with Crippen molar-refractivity contribution in [3.05, 3.63) is 29.3 Å². The maximum Gasteiger partial charge on any atom is 0.260 e. The number of nitrogens with zero attached hydrogens (tertiary/aromatic N) is 1. The third-order valence-electron chi connectivity index (χ3n) is 3.67. The van der Waals surface area contributed by atoms with Crippen molar-refractivity contribution in [2.45, 2.75) is 45.2 Å². The molecule has 0 saturated carbocycles. The lowest BCUT2D eigenvalue weighted by molar-refractivity contribution is -0.139. The predicted molar refractivity (Wildman–Crippen MR) is 76.6 cm³/mol. The van der Waals surface area contributed by atoms with Gasteiger partial charge in [-0.3, -0.25) is 4.79 Å². The van der Waals surface area contributed by atoms with Crippen LogP contribution in [0.4, 0.5) is 0 Å². The lowest BCUT2D eigenvalue weighted by Gasteiger charge is -2.39. The largest absolute Gasteiger partial charge is 0.482 e. The highest BCUT2D eigenvalue weighted by Gasteiger charge is 2.28. The Morgan fingerprint density at radius 3 is 2.58 bits per heavy atom. The average molecular weight is 282 g/mol. The first-order valence-corrected chi connectivity index (χ1v) is 7.16. The van der Waals surface area contributed by atoms with Crippen molar-refractivity contribution < 1.29 is 9.53 Å². The quantitative estimate of drug-likeness (QED) is 0.848. The van der Waals surface area contributed by atoms with Crippen LogP contribution >= 0.6 is 11.6 Å². The van der Waals surface area contributed by atoms with Gasteiger partial charge in [-0.15, -0.1) is 0 Å². The standard InChI is InChI=1S/C15H20ClNO2/c1-11-6-5-7-12(2)17(11)15(18)10-19-14-9-4-3-8-13(14)16/h3-4,8-9,11-12H,5-7,10H2,1-2H3/t11-,12-/m1/s1. The van der Waals surface area contributed by atoms with Crippen molar-refractivity contribution in [3.8, 4) is 5.75 Å². The van der Waals surface area contributed by atoms with E-state index in [1.807, 2.05) is 17.0 Å². The third-order valence-corrected chi connectivity index (χ3v) is 3.98. The van der Waals surface area contributed by atoms with Crippen LogP contribution < -0.4 is 4.74 Å². The number of rotatable bonds is 3. The van der Waals surface area contributed by atoms with Gasteiger partial charge in [0.05, 0.1) is 5.02 Å². The molecule has 1 amide bonds. The molecule has 1 fully saturated rings. The number of para-hydroxylation sites is 1. The molecular weight excluding hydrogens is 262 g/mol. The summed E-state index contributed by atoms with van der Waals surface area (Å²) in [5.74, 6) is 0.606. The van der Waals surface area contributed by atoms with Gasteiger partial charge in [0, 0.05) is 12.1 Å². The summed E-state index contributed by atoms with van der Waals surface area (Å²) in [7, 11) is 0. The fourth-order valence-corrected chi connectivity index (χ4v) is 2.88. The molecule has 0 bridgehead atoms. The summed E-state index contributed by atoms with van der Waals surface area (Å²) in [5, 5.41) is 0.537. The Morgan fingerprint density at radius 1 is 1.32 bits per heavy atom. The zero-order valence-corrected chi connectivity index (χ0v) is 12.2. The summed E-state index contributed by atoms with van der Waals surface area (Å²) < 4.78 is 5.53. The van der Waals surface area contributed by atoms with Crippen LogP contribution in [0.2, 0.25) is 5.02 Å². The predicted octanol–water partition coefficient (Wildman–Crippen LogP) is 3.51. The van der Waals surface area contributed by atoms with Gasteiger partial charge in [0.2, 0.25) is 0 Å². The number of hydrogen-bond acceptors (Lipinski definition) is 2. The second-order valence-corrected chi connectivity index (χ2v) is 5.56. The van der Waals surface area contributed by atoms with Crippen molar-refractivity contribution >= 4 is 17.5 Å². The van der Waals surface area contributed by atoms with Crippen LogP contribution in [-0.4, -0.2) is 29.5 Å². The molecule has 1 aliphatic heterocycles. The molecule has 0 aliphatic carbocycles. The van der Waals surface area contributed by atoms with Crippen LogP contribution in [0.1, 0.15) is 33.1 Å². The molecule has 1 aliphatic rings. The second kappa shape index (κ2) is 6.29. The molecule has 0 N–H and O–H groups in total. The van der Waals surface area contributed by atoms with Gasteiger partial charge in [-0.05, 0) is 45.2 Å². The first-order valence-electron chi connectivity index (χ1n) is 6.78. The Kier molecular flexibility index (Phi) is 4.70. The van der Waals surface area contributed by atoms with Gasteiger partial charge in [0.15, 0.2) is 6.61 Å². The zero-order chi connectivity index (χ0) is 13.8. The summed E-state index contributed by atoms with van der Waals surface area (Å²) in [5.41, 5.74) is 0. The number of amides is 1. The van der Waals surface area contributed by atoms with Crippen LogP contribution in [0.3, 0.4) is 0 Å². The lowest BCUT2D eigenvalue weighted by Crippen LogP contribution is -2.49. The van der Waals surface area contributed by atoms with E-state index in [1.165, 1.54) is 6.42 Å². The Hall–Kier alpha value is -1.22. The molecule has 0 radical (unpaired) electrons. The minimum absolute atomic E-state index is 0.0413. The highest BCUT2D eigenvalue weighted by atomic mass is 35.5. The molecular formula is C15H20ClNO2. The van der Waals surface area contributed by atoms with Crippen molar-refractivity contribution in [1.82, 2.24) is 4.90 Å². The summed E-state index contributed by atoms with van der Waals surface area (Å²) in [6.45, 7) is 4.25. The van der Waals surface area contributed by atoms with E-state index in [0.29, 0.717) is 22.9 Å². The van der Waals surface area contributed by atoms with Gasteiger partial charge < -0.3 is 9.64 Å². The molecule has 0 spiro atoms. The van der Waals surface area contributed by atoms with Crippen molar-refractivity contribution in [3.63, 3.8) is 0 Å². The number of ether oxygens (including phenoxy) is 1.